The van der Waals surface area contributed by atoms with Crippen molar-refractivity contribution in [2.75, 3.05) is 13.1 Å². The van der Waals surface area contributed by atoms with E-state index in [1.807, 2.05) is 0 Å². The number of hydrogen-bond donors (Lipinski definition) is 2. The quantitative estimate of drug-likeness (QED) is 0.349. The minimum absolute atomic E-state index is 0.0184. The second-order valence-corrected chi connectivity index (χ2v) is 6.38. The van der Waals surface area contributed by atoms with Crippen molar-refractivity contribution in [3.8, 4) is 0 Å². The lowest BCUT2D eigenvalue weighted by Gasteiger charge is -2.18. The van der Waals surface area contributed by atoms with Gasteiger partial charge >= 0.3 is 0 Å². The van der Waals surface area contributed by atoms with E-state index >= 15 is 0 Å². The van der Waals surface area contributed by atoms with Crippen LogP contribution in [0.15, 0.2) is 26.9 Å². The fraction of sp³-hybridized carbons (Fsp3) is 0.444. The Labute approximate surface area is 104 Å². The average molecular weight is 277 g/mol. The summed E-state index contributed by atoms with van der Waals surface area (Å²) in [5.74, 6) is 0.0184. The average Bonchev–Trinajstić information content (AvgIpc) is 2.83. The lowest BCUT2D eigenvalue weighted by atomic mass is 10.4. The minimum atomic E-state index is -3.45. The summed E-state index contributed by atoms with van der Waals surface area (Å²) in [6, 6.07) is 3.25. The third kappa shape index (κ3) is 3.42. The van der Waals surface area contributed by atoms with Gasteiger partial charge in [-0.05, 0) is 11.4 Å². The fourth-order valence-electron chi connectivity index (χ4n) is 1.28. The number of sulfonamides is 1. The van der Waals surface area contributed by atoms with E-state index in [0.29, 0.717) is 10.8 Å². The van der Waals surface area contributed by atoms with E-state index in [1.165, 1.54) is 15.6 Å². The molecule has 0 spiro atoms. The van der Waals surface area contributed by atoms with E-state index in [-0.39, 0.29) is 18.8 Å². The third-order valence-corrected chi connectivity index (χ3v) is 5.54. The van der Waals surface area contributed by atoms with E-state index in [4.69, 9.17) is 10.9 Å². The molecule has 0 bridgehead atoms. The Kier molecular flexibility index (Phi) is 4.91. The van der Waals surface area contributed by atoms with Gasteiger partial charge in [-0.25, -0.2) is 8.42 Å². The molecule has 17 heavy (non-hydrogen) atoms. The molecular weight excluding hydrogens is 262 g/mol. The Morgan fingerprint density at radius 2 is 2.35 bits per heavy atom. The van der Waals surface area contributed by atoms with E-state index in [1.54, 1.807) is 24.4 Å². The molecule has 0 saturated carbocycles. The van der Waals surface area contributed by atoms with Crippen LogP contribution in [0, 0.1) is 0 Å². The molecule has 0 aliphatic heterocycles. The fourth-order valence-corrected chi connectivity index (χ4v) is 3.87. The molecule has 0 amide bonds. The Hall–Kier alpha value is -1.12. The largest absolute Gasteiger partial charge is 0.409 e. The molecule has 0 aliphatic rings. The van der Waals surface area contributed by atoms with Crippen LogP contribution in [0.3, 0.4) is 0 Å². The highest BCUT2D eigenvalue weighted by Gasteiger charge is 2.23. The molecule has 0 radical (unpaired) electrons. The summed E-state index contributed by atoms with van der Waals surface area (Å²) in [4.78, 5) is 0. The summed E-state index contributed by atoms with van der Waals surface area (Å²) in [6.07, 6.45) is 0.203. The van der Waals surface area contributed by atoms with Crippen molar-refractivity contribution in [1.82, 2.24) is 4.31 Å². The lowest BCUT2D eigenvalue weighted by Crippen LogP contribution is -2.33. The summed E-state index contributed by atoms with van der Waals surface area (Å²) in [5.41, 5.74) is 5.32. The van der Waals surface area contributed by atoms with Crippen LogP contribution in [-0.2, 0) is 10.0 Å². The van der Waals surface area contributed by atoms with Crippen molar-refractivity contribution in [2.45, 2.75) is 17.6 Å². The van der Waals surface area contributed by atoms with Crippen LogP contribution in [-0.4, -0.2) is 36.9 Å². The second-order valence-electron chi connectivity index (χ2n) is 3.27. The monoisotopic (exact) mass is 277 g/mol. The van der Waals surface area contributed by atoms with Crippen molar-refractivity contribution in [3.63, 3.8) is 0 Å². The predicted octanol–water partition coefficient (Wildman–Crippen LogP) is 0.895. The van der Waals surface area contributed by atoms with Crippen LogP contribution >= 0.6 is 11.3 Å². The van der Waals surface area contributed by atoms with E-state index in [2.05, 4.69) is 5.16 Å². The SMILES string of the molecule is CCN(CCC(N)=NO)S(=O)(=O)c1cccs1. The van der Waals surface area contributed by atoms with Crippen molar-refractivity contribution < 1.29 is 13.6 Å². The second kappa shape index (κ2) is 5.99. The number of nitrogens with two attached hydrogens (primary N) is 1. The number of thiophene rings is 1. The molecule has 1 rings (SSSR count). The molecule has 0 fully saturated rings. The molecule has 6 nitrogen and oxygen atoms in total. The van der Waals surface area contributed by atoms with Crippen molar-refractivity contribution >= 4 is 27.2 Å². The van der Waals surface area contributed by atoms with Gasteiger partial charge < -0.3 is 10.9 Å². The third-order valence-electron chi connectivity index (χ3n) is 2.19. The molecule has 0 saturated heterocycles. The Balaban J connectivity index is 2.81. The van der Waals surface area contributed by atoms with Crippen LogP contribution in [0.2, 0.25) is 0 Å². The van der Waals surface area contributed by atoms with Crippen LogP contribution in [0.1, 0.15) is 13.3 Å². The van der Waals surface area contributed by atoms with Gasteiger partial charge in [-0.3, -0.25) is 0 Å². The van der Waals surface area contributed by atoms with Gasteiger partial charge in [-0.2, -0.15) is 4.31 Å². The van der Waals surface area contributed by atoms with Crippen molar-refractivity contribution in [3.05, 3.63) is 17.5 Å². The predicted molar refractivity (Wildman–Crippen MR) is 66.8 cm³/mol. The molecule has 0 atom stereocenters. The van der Waals surface area contributed by atoms with Gasteiger partial charge in [0.05, 0.1) is 0 Å². The number of rotatable bonds is 6. The zero-order chi connectivity index (χ0) is 12.9. The molecule has 96 valence electrons. The number of nitrogens with zero attached hydrogens (tertiary/aromatic N) is 2. The topological polar surface area (TPSA) is 96.0 Å². The van der Waals surface area contributed by atoms with Crippen LogP contribution in [0.5, 0.6) is 0 Å². The molecule has 1 aromatic rings. The highest BCUT2D eigenvalue weighted by atomic mass is 32.2. The number of hydrogen-bond acceptors (Lipinski definition) is 5. The zero-order valence-electron chi connectivity index (χ0n) is 9.41. The Morgan fingerprint density at radius 3 is 2.82 bits per heavy atom. The summed E-state index contributed by atoms with van der Waals surface area (Å²) < 4.78 is 25.8. The van der Waals surface area contributed by atoms with E-state index in [9.17, 15) is 8.42 Å². The maximum absolute atomic E-state index is 12.1. The van der Waals surface area contributed by atoms with Gasteiger partial charge in [0.1, 0.15) is 10.0 Å². The van der Waals surface area contributed by atoms with Gasteiger partial charge in [0, 0.05) is 19.5 Å². The Bertz CT molecular complexity index is 468. The Morgan fingerprint density at radius 1 is 1.65 bits per heavy atom. The van der Waals surface area contributed by atoms with Gasteiger partial charge in [-0.15, -0.1) is 11.3 Å². The molecule has 3 N–H and O–H groups in total. The molecule has 8 heteroatoms. The smallest absolute Gasteiger partial charge is 0.252 e. The molecule has 1 aromatic heterocycles. The highest BCUT2D eigenvalue weighted by Crippen LogP contribution is 2.20. The first-order chi connectivity index (χ1) is 8.02. The van der Waals surface area contributed by atoms with Gasteiger partial charge in [-0.1, -0.05) is 18.1 Å². The zero-order valence-corrected chi connectivity index (χ0v) is 11.0. The first kappa shape index (κ1) is 13.9. The summed E-state index contributed by atoms with van der Waals surface area (Å²) >= 11 is 1.17. The number of oxime groups is 1. The van der Waals surface area contributed by atoms with Gasteiger partial charge in [0.15, 0.2) is 0 Å². The van der Waals surface area contributed by atoms with Crippen molar-refractivity contribution in [1.29, 1.82) is 0 Å². The van der Waals surface area contributed by atoms with Gasteiger partial charge in [0.2, 0.25) is 0 Å². The van der Waals surface area contributed by atoms with Gasteiger partial charge in [0.25, 0.3) is 10.0 Å². The molecule has 0 aromatic carbocycles. The molecule has 1 heterocycles. The summed E-state index contributed by atoms with van der Waals surface area (Å²) in [5, 5.41) is 12.9. The lowest BCUT2D eigenvalue weighted by molar-refractivity contribution is 0.315. The minimum Gasteiger partial charge on any atom is -0.409 e. The van der Waals surface area contributed by atoms with Crippen LogP contribution in [0.25, 0.3) is 0 Å². The number of amidine groups is 1. The molecule has 0 aliphatic carbocycles. The molecule has 0 unspecified atom stereocenters. The van der Waals surface area contributed by atoms with E-state index in [0.717, 1.165) is 0 Å². The van der Waals surface area contributed by atoms with Crippen LogP contribution in [0.4, 0.5) is 0 Å². The standard InChI is InChI=1S/C9H15N3O3S2/c1-2-12(6-5-8(10)11-13)17(14,15)9-4-3-7-16-9/h3-4,7,13H,2,5-6H2,1H3,(H2,10,11). The van der Waals surface area contributed by atoms with Crippen LogP contribution < -0.4 is 5.73 Å². The summed E-state index contributed by atoms with van der Waals surface area (Å²) in [7, 11) is -3.45. The van der Waals surface area contributed by atoms with E-state index < -0.39 is 10.0 Å². The first-order valence-corrected chi connectivity index (χ1v) is 7.34. The maximum Gasteiger partial charge on any atom is 0.252 e. The maximum atomic E-state index is 12.1. The summed E-state index contributed by atoms with van der Waals surface area (Å²) in [6.45, 7) is 2.29. The molecular formula is C9H15N3O3S2. The first-order valence-electron chi connectivity index (χ1n) is 5.02. The highest BCUT2D eigenvalue weighted by molar-refractivity contribution is 7.91. The van der Waals surface area contributed by atoms with Crippen molar-refractivity contribution in [2.24, 2.45) is 10.9 Å². The normalized spacial score (nSPS) is 13.2.